The molecular weight excluding hydrogens is 390 g/mol. The van der Waals surface area contributed by atoms with E-state index in [1.54, 1.807) is 6.07 Å². The molecule has 1 N–H and O–H groups in total. The van der Waals surface area contributed by atoms with Gasteiger partial charge in [0.15, 0.2) is 5.82 Å². The molecule has 31 heavy (non-hydrogen) atoms. The van der Waals surface area contributed by atoms with Crippen LogP contribution in [0.2, 0.25) is 0 Å². The maximum atomic E-state index is 12.6. The van der Waals surface area contributed by atoms with Gasteiger partial charge >= 0.3 is 0 Å². The summed E-state index contributed by atoms with van der Waals surface area (Å²) in [7, 11) is 0. The molecule has 0 fully saturated rings. The smallest absolute Gasteiger partial charge is 0.255 e. The van der Waals surface area contributed by atoms with Crippen molar-refractivity contribution >= 4 is 5.91 Å². The van der Waals surface area contributed by atoms with Crippen LogP contribution in [0.3, 0.4) is 0 Å². The Balaban J connectivity index is 1.49. The van der Waals surface area contributed by atoms with Gasteiger partial charge in [-0.1, -0.05) is 37.6 Å². The molecule has 0 radical (unpaired) electrons. The van der Waals surface area contributed by atoms with E-state index in [9.17, 15) is 4.79 Å². The number of carbonyl (C=O) groups is 1. The lowest BCUT2D eigenvalue weighted by Gasteiger charge is -2.23. The van der Waals surface area contributed by atoms with E-state index >= 15 is 0 Å². The summed E-state index contributed by atoms with van der Waals surface area (Å²) in [5.74, 6) is 1.84. The van der Waals surface area contributed by atoms with Crippen molar-refractivity contribution in [3.05, 3.63) is 70.7 Å². The number of hydrogen-bond acceptors (Lipinski definition) is 5. The maximum Gasteiger partial charge on any atom is 0.255 e. The van der Waals surface area contributed by atoms with E-state index in [-0.39, 0.29) is 17.9 Å². The first-order valence-electron chi connectivity index (χ1n) is 11.0. The van der Waals surface area contributed by atoms with Gasteiger partial charge in [-0.05, 0) is 37.0 Å². The molecule has 0 spiro atoms. The summed E-state index contributed by atoms with van der Waals surface area (Å²) in [6, 6.07) is 8.12. The molecule has 1 amide bonds. The van der Waals surface area contributed by atoms with Gasteiger partial charge < -0.3 is 14.3 Å². The zero-order valence-electron chi connectivity index (χ0n) is 18.8. The van der Waals surface area contributed by atoms with Gasteiger partial charge in [-0.2, -0.15) is 0 Å². The van der Waals surface area contributed by atoms with E-state index < -0.39 is 0 Å². The normalized spacial score (nSPS) is 15.5. The molecule has 164 valence electrons. The van der Waals surface area contributed by atoms with Crippen LogP contribution in [0.5, 0.6) is 0 Å². The van der Waals surface area contributed by atoms with Gasteiger partial charge in [-0.25, -0.2) is 0 Å². The van der Waals surface area contributed by atoms with Crippen molar-refractivity contribution in [2.24, 2.45) is 5.92 Å². The molecule has 4 rings (SSSR count). The third-order valence-electron chi connectivity index (χ3n) is 6.05. The third-order valence-corrected chi connectivity index (χ3v) is 6.05. The highest BCUT2D eigenvalue weighted by Crippen LogP contribution is 2.24. The lowest BCUT2D eigenvalue weighted by atomic mass is 10.0. The number of hydrogen-bond donors (Lipinski definition) is 1. The number of nitrogens with zero attached hydrogens (tertiary/aromatic N) is 4. The molecule has 2 aromatic heterocycles. The van der Waals surface area contributed by atoms with Crippen LogP contribution in [0, 0.1) is 19.8 Å². The summed E-state index contributed by atoms with van der Waals surface area (Å²) in [6.45, 7) is 12.1. The van der Waals surface area contributed by atoms with Crippen molar-refractivity contribution in [3.63, 3.8) is 0 Å². The van der Waals surface area contributed by atoms with Crippen molar-refractivity contribution in [1.82, 2.24) is 25.0 Å². The van der Waals surface area contributed by atoms with Crippen molar-refractivity contribution in [2.45, 2.75) is 53.2 Å². The lowest BCUT2D eigenvalue weighted by molar-refractivity contribution is 0.0921. The van der Waals surface area contributed by atoms with Crippen molar-refractivity contribution < 1.29 is 9.21 Å². The fourth-order valence-corrected chi connectivity index (χ4v) is 4.19. The minimum atomic E-state index is -0.213. The molecule has 0 bridgehead atoms. The molecule has 1 atom stereocenters. The van der Waals surface area contributed by atoms with Gasteiger partial charge in [0.2, 0.25) is 0 Å². The zero-order valence-corrected chi connectivity index (χ0v) is 18.8. The number of fused-ring (bicyclic) bond motifs is 1. The molecule has 3 heterocycles. The summed E-state index contributed by atoms with van der Waals surface area (Å²) in [5.41, 5.74) is 4.52. The Morgan fingerprint density at radius 1 is 1.16 bits per heavy atom. The van der Waals surface area contributed by atoms with E-state index in [1.165, 1.54) is 29.2 Å². The Morgan fingerprint density at radius 3 is 2.71 bits per heavy atom. The van der Waals surface area contributed by atoms with Crippen LogP contribution in [0.25, 0.3) is 0 Å². The van der Waals surface area contributed by atoms with Crippen LogP contribution in [-0.4, -0.2) is 38.7 Å². The standard InChI is InChI=1S/C24H31N5O2/c1-16(2)22(25-24(30)20-8-12-31-15-20)23-27-26-21-7-9-28(10-11-29(21)23)14-19-6-5-17(3)13-18(19)4/h5-6,8,12-13,15-16,22H,7,9-11,14H2,1-4H3,(H,25,30)/t22-/m1/s1. The van der Waals surface area contributed by atoms with E-state index in [0.717, 1.165) is 44.2 Å². The number of rotatable bonds is 6. The number of furan rings is 1. The molecular formula is C24H31N5O2. The van der Waals surface area contributed by atoms with Crippen LogP contribution >= 0.6 is 0 Å². The van der Waals surface area contributed by atoms with Crippen molar-refractivity contribution in [2.75, 3.05) is 13.1 Å². The Kier molecular flexibility index (Phi) is 6.23. The minimum absolute atomic E-state index is 0.158. The van der Waals surface area contributed by atoms with Gasteiger partial charge in [0.25, 0.3) is 5.91 Å². The summed E-state index contributed by atoms with van der Waals surface area (Å²) < 4.78 is 7.25. The highest BCUT2D eigenvalue weighted by molar-refractivity contribution is 5.94. The zero-order chi connectivity index (χ0) is 22.0. The highest BCUT2D eigenvalue weighted by Gasteiger charge is 2.28. The SMILES string of the molecule is Cc1ccc(CN2CCc3nnc([C@H](NC(=O)c4ccoc4)C(C)C)n3CC2)c(C)c1. The second kappa shape index (κ2) is 9.06. The summed E-state index contributed by atoms with van der Waals surface area (Å²) in [5, 5.41) is 12.1. The molecule has 7 heteroatoms. The van der Waals surface area contributed by atoms with Crippen LogP contribution in [0.15, 0.2) is 41.2 Å². The molecule has 1 aliphatic rings. The van der Waals surface area contributed by atoms with E-state index in [0.29, 0.717) is 5.56 Å². The topological polar surface area (TPSA) is 76.2 Å². The lowest BCUT2D eigenvalue weighted by Crippen LogP contribution is -2.34. The van der Waals surface area contributed by atoms with Gasteiger partial charge in [-0.3, -0.25) is 9.69 Å². The monoisotopic (exact) mass is 421 g/mol. The number of carbonyl (C=O) groups excluding carboxylic acids is 1. The maximum absolute atomic E-state index is 12.6. The van der Waals surface area contributed by atoms with Gasteiger partial charge in [0.1, 0.15) is 12.1 Å². The third kappa shape index (κ3) is 4.71. The molecule has 3 aromatic rings. The Bertz CT molecular complexity index is 1040. The van der Waals surface area contributed by atoms with Crippen molar-refractivity contribution in [3.8, 4) is 0 Å². The first kappa shape index (κ1) is 21.3. The van der Waals surface area contributed by atoms with E-state index in [2.05, 4.69) is 70.9 Å². The highest BCUT2D eigenvalue weighted by atomic mass is 16.3. The molecule has 0 saturated carbocycles. The molecule has 0 unspecified atom stereocenters. The first-order valence-corrected chi connectivity index (χ1v) is 11.0. The molecule has 7 nitrogen and oxygen atoms in total. The van der Waals surface area contributed by atoms with Crippen LogP contribution < -0.4 is 5.32 Å². The largest absolute Gasteiger partial charge is 0.472 e. The molecule has 1 aromatic carbocycles. The number of amides is 1. The average Bonchev–Trinajstić information content (AvgIpc) is 3.36. The predicted molar refractivity (Wildman–Crippen MR) is 119 cm³/mol. The Hall–Kier alpha value is -2.93. The first-order chi connectivity index (χ1) is 14.9. The van der Waals surface area contributed by atoms with Crippen LogP contribution in [0.4, 0.5) is 0 Å². The van der Waals surface area contributed by atoms with Crippen LogP contribution in [0.1, 0.15) is 58.6 Å². The Morgan fingerprint density at radius 2 is 2.00 bits per heavy atom. The van der Waals surface area contributed by atoms with E-state index in [1.807, 2.05) is 0 Å². The number of aryl methyl sites for hydroxylation is 2. The fraction of sp³-hybridized carbons (Fsp3) is 0.458. The quantitative estimate of drug-likeness (QED) is 0.657. The predicted octanol–water partition coefficient (Wildman–Crippen LogP) is 3.67. The number of benzene rings is 1. The second-order valence-electron chi connectivity index (χ2n) is 8.79. The Labute approximate surface area is 183 Å². The summed E-state index contributed by atoms with van der Waals surface area (Å²) in [6.07, 6.45) is 3.81. The fourth-order valence-electron chi connectivity index (χ4n) is 4.19. The van der Waals surface area contributed by atoms with Gasteiger partial charge in [0, 0.05) is 32.6 Å². The van der Waals surface area contributed by atoms with Gasteiger partial charge in [-0.15, -0.1) is 10.2 Å². The van der Waals surface area contributed by atoms with Gasteiger partial charge in [0.05, 0.1) is 17.9 Å². The second-order valence-corrected chi connectivity index (χ2v) is 8.79. The van der Waals surface area contributed by atoms with Crippen LogP contribution in [-0.2, 0) is 19.5 Å². The molecule has 1 aliphatic heterocycles. The summed E-state index contributed by atoms with van der Waals surface area (Å²) >= 11 is 0. The van der Waals surface area contributed by atoms with Crippen molar-refractivity contribution in [1.29, 1.82) is 0 Å². The molecule has 0 aliphatic carbocycles. The summed E-state index contributed by atoms with van der Waals surface area (Å²) in [4.78, 5) is 15.1. The van der Waals surface area contributed by atoms with E-state index in [4.69, 9.17) is 4.42 Å². The molecule has 0 saturated heterocycles. The minimum Gasteiger partial charge on any atom is -0.472 e. The number of aromatic nitrogens is 3. The number of nitrogens with one attached hydrogen (secondary N) is 1. The average molecular weight is 422 g/mol.